The van der Waals surface area contributed by atoms with Gasteiger partial charge in [0.2, 0.25) is 0 Å². The summed E-state index contributed by atoms with van der Waals surface area (Å²) < 4.78 is 4.86. The molecule has 1 aliphatic rings. The highest BCUT2D eigenvalue weighted by molar-refractivity contribution is 7.99. The predicted octanol–water partition coefficient (Wildman–Crippen LogP) is 1.28. The van der Waals surface area contributed by atoms with Crippen LogP contribution in [0.2, 0.25) is 0 Å². The lowest BCUT2D eigenvalue weighted by atomic mass is 10.0. The number of carbonyl (C=O) groups is 1. The van der Waals surface area contributed by atoms with Crippen molar-refractivity contribution in [3.63, 3.8) is 0 Å². The van der Waals surface area contributed by atoms with Crippen LogP contribution in [0.1, 0.15) is 19.8 Å². The standard InChI is InChI=1S/C10H19NO2S/c1-2-13-10(12)8-14-7-9-3-5-11-6-4-9/h9,11H,2-8H2,1H3. The fraction of sp³-hybridized carbons (Fsp3) is 0.900. The average Bonchev–Trinajstić information content (AvgIpc) is 2.20. The van der Waals surface area contributed by atoms with E-state index < -0.39 is 0 Å². The van der Waals surface area contributed by atoms with Crippen LogP contribution < -0.4 is 5.32 Å². The molecule has 0 aromatic heterocycles. The van der Waals surface area contributed by atoms with Crippen molar-refractivity contribution in [1.29, 1.82) is 0 Å². The Bertz CT molecular complexity index is 170. The zero-order valence-electron chi connectivity index (χ0n) is 8.75. The zero-order chi connectivity index (χ0) is 10.2. The molecule has 0 aliphatic carbocycles. The van der Waals surface area contributed by atoms with Gasteiger partial charge in [0.15, 0.2) is 0 Å². The van der Waals surface area contributed by atoms with E-state index in [2.05, 4.69) is 5.32 Å². The Morgan fingerprint density at radius 3 is 2.86 bits per heavy atom. The highest BCUT2D eigenvalue weighted by Gasteiger charge is 2.13. The Morgan fingerprint density at radius 2 is 2.21 bits per heavy atom. The van der Waals surface area contributed by atoms with Crippen molar-refractivity contribution in [3.05, 3.63) is 0 Å². The van der Waals surface area contributed by atoms with Gasteiger partial charge in [-0.2, -0.15) is 0 Å². The number of carbonyl (C=O) groups excluding carboxylic acids is 1. The number of nitrogens with one attached hydrogen (secondary N) is 1. The molecule has 1 heterocycles. The molecule has 1 saturated heterocycles. The third-order valence-corrected chi connectivity index (χ3v) is 3.48. The molecule has 0 spiro atoms. The summed E-state index contributed by atoms with van der Waals surface area (Å²) in [5.74, 6) is 2.32. The number of piperidine rings is 1. The maximum Gasteiger partial charge on any atom is 0.315 e. The summed E-state index contributed by atoms with van der Waals surface area (Å²) in [6, 6.07) is 0. The van der Waals surface area contributed by atoms with E-state index >= 15 is 0 Å². The molecule has 1 rings (SSSR count). The molecule has 0 aromatic rings. The summed E-state index contributed by atoms with van der Waals surface area (Å²) in [5.41, 5.74) is 0. The van der Waals surface area contributed by atoms with Crippen LogP contribution in [-0.2, 0) is 9.53 Å². The Morgan fingerprint density at radius 1 is 1.50 bits per heavy atom. The molecule has 82 valence electrons. The molecular formula is C10H19NO2S. The monoisotopic (exact) mass is 217 g/mol. The SMILES string of the molecule is CCOC(=O)CSCC1CCNCC1. The van der Waals surface area contributed by atoms with Crippen molar-refractivity contribution in [1.82, 2.24) is 5.32 Å². The van der Waals surface area contributed by atoms with Crippen molar-refractivity contribution < 1.29 is 9.53 Å². The second-order valence-electron chi connectivity index (χ2n) is 3.51. The highest BCUT2D eigenvalue weighted by atomic mass is 32.2. The molecule has 1 N–H and O–H groups in total. The fourth-order valence-corrected chi connectivity index (χ4v) is 2.59. The van der Waals surface area contributed by atoms with Gasteiger partial charge in [-0.05, 0) is 44.5 Å². The Balaban J connectivity index is 1.99. The molecule has 3 nitrogen and oxygen atoms in total. The van der Waals surface area contributed by atoms with Crippen LogP contribution in [0.5, 0.6) is 0 Å². The second-order valence-corrected chi connectivity index (χ2v) is 4.54. The highest BCUT2D eigenvalue weighted by Crippen LogP contribution is 2.17. The maximum absolute atomic E-state index is 11.0. The van der Waals surface area contributed by atoms with Gasteiger partial charge in [0.1, 0.15) is 0 Å². The topological polar surface area (TPSA) is 38.3 Å². The van der Waals surface area contributed by atoms with Gasteiger partial charge in [-0.3, -0.25) is 4.79 Å². The summed E-state index contributed by atoms with van der Waals surface area (Å²) in [6.07, 6.45) is 2.49. The van der Waals surface area contributed by atoms with Crippen molar-refractivity contribution >= 4 is 17.7 Å². The summed E-state index contributed by atoms with van der Waals surface area (Å²) >= 11 is 1.71. The first-order chi connectivity index (χ1) is 6.83. The number of esters is 1. The van der Waals surface area contributed by atoms with Crippen LogP contribution in [0.3, 0.4) is 0 Å². The number of hydrogen-bond donors (Lipinski definition) is 1. The predicted molar refractivity (Wildman–Crippen MR) is 59.6 cm³/mol. The average molecular weight is 217 g/mol. The van der Waals surface area contributed by atoms with Crippen LogP contribution in [0.25, 0.3) is 0 Å². The maximum atomic E-state index is 11.0. The second kappa shape index (κ2) is 7.12. The van der Waals surface area contributed by atoms with E-state index in [9.17, 15) is 4.79 Å². The Hall–Kier alpha value is -0.220. The van der Waals surface area contributed by atoms with Crippen molar-refractivity contribution in [3.8, 4) is 0 Å². The lowest BCUT2D eigenvalue weighted by molar-refractivity contribution is -0.139. The molecule has 1 fully saturated rings. The molecule has 4 heteroatoms. The molecule has 0 radical (unpaired) electrons. The van der Waals surface area contributed by atoms with Gasteiger partial charge in [-0.25, -0.2) is 0 Å². The van der Waals surface area contributed by atoms with Crippen LogP contribution >= 0.6 is 11.8 Å². The van der Waals surface area contributed by atoms with Gasteiger partial charge in [0.25, 0.3) is 0 Å². The van der Waals surface area contributed by atoms with E-state index in [1.54, 1.807) is 11.8 Å². The van der Waals surface area contributed by atoms with E-state index in [4.69, 9.17) is 4.74 Å². The minimum atomic E-state index is -0.0774. The van der Waals surface area contributed by atoms with E-state index in [1.807, 2.05) is 6.92 Å². The van der Waals surface area contributed by atoms with Gasteiger partial charge in [-0.1, -0.05) is 0 Å². The molecule has 0 atom stereocenters. The normalized spacial score (nSPS) is 18.1. The minimum Gasteiger partial charge on any atom is -0.465 e. The lowest BCUT2D eigenvalue weighted by Crippen LogP contribution is -2.28. The molecule has 0 unspecified atom stereocenters. The van der Waals surface area contributed by atoms with Gasteiger partial charge < -0.3 is 10.1 Å². The summed E-state index contributed by atoms with van der Waals surface area (Å²) in [6.45, 7) is 4.59. The summed E-state index contributed by atoms with van der Waals surface area (Å²) in [7, 11) is 0. The first-order valence-corrected chi connectivity index (χ1v) is 6.42. The van der Waals surface area contributed by atoms with Crippen molar-refractivity contribution in [2.75, 3.05) is 31.2 Å². The van der Waals surface area contributed by atoms with Gasteiger partial charge in [-0.15, -0.1) is 11.8 Å². The summed E-state index contributed by atoms with van der Waals surface area (Å²) in [4.78, 5) is 11.0. The van der Waals surface area contributed by atoms with E-state index in [1.165, 1.54) is 12.8 Å². The first-order valence-electron chi connectivity index (χ1n) is 5.27. The van der Waals surface area contributed by atoms with Gasteiger partial charge >= 0.3 is 5.97 Å². The molecule has 0 aromatic carbocycles. The third kappa shape index (κ3) is 4.86. The van der Waals surface area contributed by atoms with E-state index in [-0.39, 0.29) is 5.97 Å². The number of hydrogen-bond acceptors (Lipinski definition) is 4. The third-order valence-electron chi connectivity index (χ3n) is 2.34. The van der Waals surface area contributed by atoms with Crippen molar-refractivity contribution in [2.24, 2.45) is 5.92 Å². The molecule has 0 amide bonds. The van der Waals surface area contributed by atoms with Gasteiger partial charge in [0, 0.05) is 0 Å². The van der Waals surface area contributed by atoms with Crippen LogP contribution in [0, 0.1) is 5.92 Å². The molecule has 0 bridgehead atoms. The van der Waals surface area contributed by atoms with Gasteiger partial charge in [0.05, 0.1) is 12.4 Å². The quantitative estimate of drug-likeness (QED) is 0.704. The van der Waals surface area contributed by atoms with E-state index in [0.29, 0.717) is 12.4 Å². The Labute approximate surface area is 90.0 Å². The van der Waals surface area contributed by atoms with Crippen LogP contribution in [-0.4, -0.2) is 37.2 Å². The van der Waals surface area contributed by atoms with Crippen LogP contribution in [0.4, 0.5) is 0 Å². The number of ether oxygens (including phenoxy) is 1. The van der Waals surface area contributed by atoms with Crippen molar-refractivity contribution in [2.45, 2.75) is 19.8 Å². The largest absolute Gasteiger partial charge is 0.465 e. The van der Waals surface area contributed by atoms with E-state index in [0.717, 1.165) is 24.8 Å². The molecule has 1 aliphatic heterocycles. The lowest BCUT2D eigenvalue weighted by Gasteiger charge is -2.21. The summed E-state index contributed by atoms with van der Waals surface area (Å²) in [5, 5.41) is 3.33. The molecule has 0 saturated carbocycles. The Kier molecular flexibility index (Phi) is 6.03. The molecule has 14 heavy (non-hydrogen) atoms. The first kappa shape index (κ1) is 11.9. The fourth-order valence-electron chi connectivity index (χ4n) is 1.56. The van der Waals surface area contributed by atoms with Crippen LogP contribution in [0.15, 0.2) is 0 Å². The smallest absolute Gasteiger partial charge is 0.315 e. The number of rotatable bonds is 5. The minimum absolute atomic E-state index is 0.0774. The molecular weight excluding hydrogens is 198 g/mol. The number of thioether (sulfide) groups is 1. The zero-order valence-corrected chi connectivity index (χ0v) is 9.57.